The smallest absolute Gasteiger partial charge is 0 e. The molecule has 58 valence electrons. The molecule has 0 radical (unpaired) electrons. The Labute approximate surface area is 77.7 Å². The van der Waals surface area contributed by atoms with E-state index in [1.807, 2.05) is 0 Å². The van der Waals surface area contributed by atoms with Gasteiger partial charge < -0.3 is 0 Å². The zero-order valence-electron chi connectivity index (χ0n) is 4.46. The molecule has 6 nitrogen and oxygen atoms in total. The molecule has 0 aromatic rings. The van der Waals surface area contributed by atoms with Crippen LogP contribution in [0.2, 0.25) is 0 Å². The number of rotatable bonds is 2. The van der Waals surface area contributed by atoms with E-state index in [9.17, 15) is 16.8 Å². The van der Waals surface area contributed by atoms with Gasteiger partial charge in [0.1, 0.15) is 0 Å². The van der Waals surface area contributed by atoms with Gasteiger partial charge in [0, 0.05) is 19.5 Å². The molecule has 10 heavy (non-hydrogen) atoms. The Morgan fingerprint density at radius 3 is 1.10 bits per heavy atom. The maximum atomic E-state index is 9.72. The molecule has 0 aromatic heterocycles. The van der Waals surface area contributed by atoms with Crippen LogP contribution in [-0.4, -0.2) is 44.1 Å². The summed E-state index contributed by atoms with van der Waals surface area (Å²) in [6.07, 6.45) is 0. The Morgan fingerprint density at radius 1 is 0.900 bits per heavy atom. The average Bonchev–Trinajstić information content (AvgIpc) is 1.14. The zero-order valence-corrected chi connectivity index (χ0v) is 11.4. The van der Waals surface area contributed by atoms with Crippen LogP contribution in [0.25, 0.3) is 0 Å². The maximum absolute atomic E-state index is 9.72. The molecule has 10 heteroatoms. The molecule has 0 heterocycles. The van der Waals surface area contributed by atoms with Gasteiger partial charge in [-0.3, -0.25) is 0 Å². The Balaban J connectivity index is 0. The Kier molecular flexibility index (Phi) is 5.94. The molecule has 0 unspecified atom stereocenters. The van der Waals surface area contributed by atoms with Crippen molar-refractivity contribution in [1.29, 1.82) is 0 Å². The summed E-state index contributed by atoms with van der Waals surface area (Å²) in [4.78, 5) is 0. The third-order valence-corrected chi connectivity index (χ3v) is 10.4. The van der Waals surface area contributed by atoms with E-state index < -0.39 is 32.9 Å². The number of hydrogen-bond acceptors (Lipinski definition) is 4. The first-order valence-electron chi connectivity index (χ1n) is 1.37. The molecule has 0 saturated carbocycles. The third-order valence-electron chi connectivity index (χ3n) is 0.172. The van der Waals surface area contributed by atoms with Crippen LogP contribution in [-0.2, 0) is 34.2 Å². The van der Waals surface area contributed by atoms with E-state index >= 15 is 0 Å². The van der Waals surface area contributed by atoms with E-state index in [0.29, 0.717) is 0 Å². The van der Waals surface area contributed by atoms with Gasteiger partial charge in [0.05, 0.1) is 0 Å². The van der Waals surface area contributed by atoms with E-state index in [0.717, 1.165) is 0 Å². The van der Waals surface area contributed by atoms with E-state index in [1.54, 1.807) is 0 Å². The van der Waals surface area contributed by atoms with Gasteiger partial charge in [-0.2, -0.15) is 0 Å². The van der Waals surface area contributed by atoms with Crippen LogP contribution in [0, 0.1) is 0 Å². The molecular weight excluding hydrogens is 353 g/mol. The minimum absolute atomic E-state index is 0. The van der Waals surface area contributed by atoms with Gasteiger partial charge in [-0.1, -0.05) is 0 Å². The van der Waals surface area contributed by atoms with Crippen molar-refractivity contribution in [3.8, 4) is 0 Å². The molecule has 0 rings (SSSR count). The summed E-state index contributed by atoms with van der Waals surface area (Å²) in [6.45, 7) is 0. The first-order valence-corrected chi connectivity index (χ1v) is 9.80. The van der Waals surface area contributed by atoms with E-state index in [1.165, 1.54) is 0 Å². The van der Waals surface area contributed by atoms with Gasteiger partial charge in [-0.25, -0.2) is 0 Å². The molecule has 0 amide bonds. The summed E-state index contributed by atoms with van der Waals surface area (Å²) in [5.41, 5.74) is 0. The van der Waals surface area contributed by atoms with Gasteiger partial charge in [0.25, 0.3) is 0 Å². The third kappa shape index (κ3) is 12.0. The second-order valence-electron chi connectivity index (χ2n) is 0.924. The normalized spacial score (nSPS) is 12.2. The van der Waals surface area contributed by atoms with Gasteiger partial charge in [-0.05, 0) is 0 Å². The summed E-state index contributed by atoms with van der Waals surface area (Å²) < 4.78 is 54.6. The standard InChI is InChI=1S/H2O6S2Te.Zn/c1-7(2,3)9-8(4,5)6;/h(H,1,2,3)(H,4,5,6);. The van der Waals surface area contributed by atoms with Gasteiger partial charge >= 0.3 is 58.8 Å². The van der Waals surface area contributed by atoms with Crippen molar-refractivity contribution in [2.45, 2.75) is 0 Å². The Hall–Kier alpha value is 1.23. The molecule has 0 fully saturated rings. The Bertz CT molecular complexity index is 241. The van der Waals surface area contributed by atoms with Crippen LogP contribution in [0.15, 0.2) is 0 Å². The second-order valence-corrected chi connectivity index (χ2v) is 13.9. The van der Waals surface area contributed by atoms with E-state index in [2.05, 4.69) is 0 Å². The molecule has 0 aliphatic heterocycles. The fourth-order valence-electron chi connectivity index (χ4n) is 0.109. The molecule has 2 N–H and O–H groups in total. The molecule has 0 bridgehead atoms. The summed E-state index contributed by atoms with van der Waals surface area (Å²) in [7, 11) is -8.98. The Morgan fingerprint density at radius 2 is 1.10 bits per heavy atom. The van der Waals surface area contributed by atoms with Crippen LogP contribution in [0.3, 0.4) is 0 Å². The van der Waals surface area contributed by atoms with Crippen LogP contribution < -0.4 is 0 Å². The fraction of sp³-hybridized carbons (Fsp3) is 0. The molecular formula is H2O6S2TeZn. The predicted molar refractivity (Wildman–Crippen MR) is 28.9 cm³/mol. The largest absolute Gasteiger partial charge is 0 e. The molecule has 0 spiro atoms. The average molecular weight is 355 g/mol. The topological polar surface area (TPSA) is 109 Å². The second kappa shape index (κ2) is 4.31. The summed E-state index contributed by atoms with van der Waals surface area (Å²) >= 11 is -2.78. The van der Waals surface area contributed by atoms with Crippen LogP contribution in [0.1, 0.15) is 0 Å². The van der Waals surface area contributed by atoms with Crippen LogP contribution in [0.5, 0.6) is 0 Å². The first kappa shape index (κ1) is 13.8. The molecule has 0 saturated heterocycles. The fourth-order valence-corrected chi connectivity index (χ4v) is 6.56. The molecule has 0 aliphatic rings. The monoisotopic (exact) mass is 356 g/mol. The van der Waals surface area contributed by atoms with Crippen LogP contribution >= 0.6 is 0 Å². The van der Waals surface area contributed by atoms with Crippen molar-refractivity contribution in [2.75, 3.05) is 0 Å². The maximum Gasteiger partial charge on any atom is 0 e. The van der Waals surface area contributed by atoms with E-state index in [4.69, 9.17) is 9.11 Å². The van der Waals surface area contributed by atoms with Crippen molar-refractivity contribution in [1.82, 2.24) is 0 Å². The summed E-state index contributed by atoms with van der Waals surface area (Å²) in [6, 6.07) is 0. The van der Waals surface area contributed by atoms with Crippen LogP contribution in [0.4, 0.5) is 0 Å². The predicted octanol–water partition coefficient (Wildman–Crippen LogP) is -1.71. The first-order chi connectivity index (χ1) is 3.71. The minimum Gasteiger partial charge on any atom is 0 e. The van der Waals surface area contributed by atoms with Gasteiger partial charge in [0.2, 0.25) is 0 Å². The molecule has 0 aliphatic carbocycles. The van der Waals surface area contributed by atoms with Gasteiger partial charge in [0.15, 0.2) is 0 Å². The van der Waals surface area contributed by atoms with Crippen molar-refractivity contribution in [2.24, 2.45) is 0 Å². The van der Waals surface area contributed by atoms with Gasteiger partial charge in [-0.15, -0.1) is 0 Å². The summed E-state index contributed by atoms with van der Waals surface area (Å²) in [5, 5.41) is 0. The van der Waals surface area contributed by atoms with Crippen molar-refractivity contribution in [3.63, 3.8) is 0 Å². The van der Waals surface area contributed by atoms with Crippen molar-refractivity contribution in [3.05, 3.63) is 0 Å². The van der Waals surface area contributed by atoms with E-state index in [-0.39, 0.29) is 19.5 Å². The minimum atomic E-state index is -4.49. The molecule has 0 atom stereocenters. The number of hydrogen-bond donors (Lipinski definition) is 2. The zero-order chi connectivity index (χ0) is 7.71. The van der Waals surface area contributed by atoms with Crippen molar-refractivity contribution < 1.29 is 45.4 Å². The van der Waals surface area contributed by atoms with Crippen molar-refractivity contribution >= 4 is 32.9 Å². The quantitative estimate of drug-likeness (QED) is 0.451. The molecule has 0 aromatic carbocycles. The SMILES string of the molecule is O=S(=O)(O)[Te]S(=O)(=O)O.[Zn]. The summed E-state index contributed by atoms with van der Waals surface area (Å²) in [5.74, 6) is 0.